The minimum Gasteiger partial charge on any atom is -0.378 e. The van der Waals surface area contributed by atoms with Crippen LogP contribution < -0.4 is 5.32 Å². The molecule has 2 rings (SSSR count). The van der Waals surface area contributed by atoms with Crippen LogP contribution in [0.1, 0.15) is 31.0 Å². The molecule has 1 atom stereocenters. The monoisotopic (exact) mass is 244 g/mol. The Morgan fingerprint density at radius 2 is 1.94 bits per heavy atom. The SMILES string of the molecule is CCc1ccc(NC(C)c2cncc(F)c2)cc1. The molecule has 0 aliphatic carbocycles. The molecule has 0 saturated heterocycles. The van der Waals surface area contributed by atoms with Crippen LogP contribution in [0.2, 0.25) is 0 Å². The Kier molecular flexibility index (Phi) is 3.92. The largest absolute Gasteiger partial charge is 0.378 e. The summed E-state index contributed by atoms with van der Waals surface area (Å²) in [5.74, 6) is -0.303. The molecule has 0 bridgehead atoms. The summed E-state index contributed by atoms with van der Waals surface area (Å²) in [6.45, 7) is 4.12. The molecule has 1 aromatic carbocycles. The molecule has 0 amide bonds. The maximum Gasteiger partial charge on any atom is 0.141 e. The summed E-state index contributed by atoms with van der Waals surface area (Å²) in [7, 11) is 0. The third kappa shape index (κ3) is 3.06. The minimum absolute atomic E-state index is 0.0284. The predicted octanol–water partition coefficient (Wildman–Crippen LogP) is 3.96. The van der Waals surface area contributed by atoms with Gasteiger partial charge in [0.15, 0.2) is 0 Å². The Balaban J connectivity index is 2.08. The van der Waals surface area contributed by atoms with E-state index in [-0.39, 0.29) is 11.9 Å². The van der Waals surface area contributed by atoms with Gasteiger partial charge in [-0.15, -0.1) is 0 Å². The normalized spacial score (nSPS) is 12.2. The van der Waals surface area contributed by atoms with Gasteiger partial charge in [0.25, 0.3) is 0 Å². The highest BCUT2D eigenvalue weighted by molar-refractivity contribution is 5.46. The highest BCUT2D eigenvalue weighted by Crippen LogP contribution is 2.19. The van der Waals surface area contributed by atoms with Crippen molar-refractivity contribution in [2.45, 2.75) is 26.3 Å². The smallest absolute Gasteiger partial charge is 0.141 e. The molecule has 0 aliphatic rings. The Bertz CT molecular complexity index is 508. The lowest BCUT2D eigenvalue weighted by Crippen LogP contribution is -2.07. The third-order valence-corrected chi connectivity index (χ3v) is 2.97. The average molecular weight is 244 g/mol. The van der Waals surface area contributed by atoms with Crippen LogP contribution in [0.15, 0.2) is 42.7 Å². The van der Waals surface area contributed by atoms with Gasteiger partial charge in [0.2, 0.25) is 0 Å². The van der Waals surface area contributed by atoms with E-state index in [0.717, 1.165) is 17.7 Å². The first-order valence-electron chi connectivity index (χ1n) is 6.15. The van der Waals surface area contributed by atoms with E-state index in [1.54, 1.807) is 6.20 Å². The highest BCUT2D eigenvalue weighted by Gasteiger charge is 2.06. The number of halogens is 1. The topological polar surface area (TPSA) is 24.9 Å². The quantitative estimate of drug-likeness (QED) is 0.880. The molecule has 1 unspecified atom stereocenters. The lowest BCUT2D eigenvalue weighted by atomic mass is 10.1. The Labute approximate surface area is 107 Å². The van der Waals surface area contributed by atoms with Crippen LogP contribution in [-0.4, -0.2) is 4.98 Å². The van der Waals surface area contributed by atoms with Crippen molar-refractivity contribution in [1.82, 2.24) is 4.98 Å². The molecule has 2 aromatic rings. The van der Waals surface area contributed by atoms with Gasteiger partial charge in [0, 0.05) is 11.9 Å². The van der Waals surface area contributed by atoms with Gasteiger partial charge >= 0.3 is 0 Å². The van der Waals surface area contributed by atoms with Crippen molar-refractivity contribution in [2.75, 3.05) is 5.32 Å². The highest BCUT2D eigenvalue weighted by atomic mass is 19.1. The van der Waals surface area contributed by atoms with E-state index in [1.807, 2.05) is 19.1 Å². The van der Waals surface area contributed by atoms with Gasteiger partial charge in [0.1, 0.15) is 5.82 Å². The zero-order valence-electron chi connectivity index (χ0n) is 10.7. The molecule has 1 N–H and O–H groups in total. The van der Waals surface area contributed by atoms with E-state index < -0.39 is 0 Å². The Morgan fingerprint density at radius 3 is 2.56 bits per heavy atom. The first kappa shape index (κ1) is 12.6. The summed E-state index contributed by atoms with van der Waals surface area (Å²) in [5, 5.41) is 3.33. The van der Waals surface area contributed by atoms with Crippen molar-refractivity contribution in [2.24, 2.45) is 0 Å². The van der Waals surface area contributed by atoms with Gasteiger partial charge in [-0.1, -0.05) is 19.1 Å². The van der Waals surface area contributed by atoms with Crippen LogP contribution in [0, 0.1) is 5.82 Å². The summed E-state index contributed by atoms with van der Waals surface area (Å²) in [4.78, 5) is 3.86. The second kappa shape index (κ2) is 5.63. The fraction of sp³-hybridized carbons (Fsp3) is 0.267. The summed E-state index contributed by atoms with van der Waals surface area (Å²) < 4.78 is 13.1. The zero-order chi connectivity index (χ0) is 13.0. The number of benzene rings is 1. The first-order chi connectivity index (χ1) is 8.69. The van der Waals surface area contributed by atoms with Gasteiger partial charge < -0.3 is 5.32 Å². The molecule has 2 nitrogen and oxygen atoms in total. The number of pyridine rings is 1. The molecule has 3 heteroatoms. The van der Waals surface area contributed by atoms with Crippen LogP contribution >= 0.6 is 0 Å². The number of anilines is 1. The number of hydrogen-bond acceptors (Lipinski definition) is 2. The van der Waals surface area contributed by atoms with E-state index in [9.17, 15) is 4.39 Å². The maximum atomic E-state index is 13.1. The molecule has 1 aromatic heterocycles. The molecule has 0 spiro atoms. The predicted molar refractivity (Wildman–Crippen MR) is 72.1 cm³/mol. The van der Waals surface area contributed by atoms with Crippen LogP contribution in [0.5, 0.6) is 0 Å². The zero-order valence-corrected chi connectivity index (χ0v) is 10.7. The van der Waals surface area contributed by atoms with Crippen LogP contribution in [0.25, 0.3) is 0 Å². The lowest BCUT2D eigenvalue weighted by Gasteiger charge is -2.15. The number of aryl methyl sites for hydroxylation is 1. The first-order valence-corrected chi connectivity index (χ1v) is 6.15. The average Bonchev–Trinajstić information content (AvgIpc) is 2.39. The molecule has 0 fully saturated rings. The van der Waals surface area contributed by atoms with Crippen molar-refractivity contribution >= 4 is 5.69 Å². The minimum atomic E-state index is -0.303. The van der Waals surface area contributed by atoms with Gasteiger partial charge in [-0.05, 0) is 42.7 Å². The maximum absolute atomic E-state index is 13.1. The van der Waals surface area contributed by atoms with Crippen molar-refractivity contribution in [3.63, 3.8) is 0 Å². The number of nitrogens with one attached hydrogen (secondary N) is 1. The standard InChI is InChI=1S/C15H17FN2/c1-3-12-4-6-15(7-5-12)18-11(2)13-8-14(16)10-17-9-13/h4-11,18H,3H2,1-2H3. The van der Waals surface area contributed by atoms with Crippen molar-refractivity contribution in [1.29, 1.82) is 0 Å². The van der Waals surface area contributed by atoms with Gasteiger partial charge in [-0.25, -0.2) is 4.39 Å². The van der Waals surface area contributed by atoms with Crippen LogP contribution in [-0.2, 0) is 6.42 Å². The molecule has 0 radical (unpaired) electrons. The van der Waals surface area contributed by atoms with Crippen molar-refractivity contribution < 1.29 is 4.39 Å². The van der Waals surface area contributed by atoms with E-state index in [0.29, 0.717) is 0 Å². The van der Waals surface area contributed by atoms with E-state index >= 15 is 0 Å². The molecular weight excluding hydrogens is 227 g/mol. The summed E-state index contributed by atoms with van der Waals surface area (Å²) in [6.07, 6.45) is 3.93. The van der Waals surface area contributed by atoms with Gasteiger partial charge in [0.05, 0.1) is 12.2 Å². The third-order valence-electron chi connectivity index (χ3n) is 2.97. The fourth-order valence-corrected chi connectivity index (χ4v) is 1.84. The van der Waals surface area contributed by atoms with Crippen LogP contribution in [0.4, 0.5) is 10.1 Å². The lowest BCUT2D eigenvalue weighted by molar-refractivity contribution is 0.616. The number of hydrogen-bond donors (Lipinski definition) is 1. The number of aromatic nitrogens is 1. The fourth-order valence-electron chi connectivity index (χ4n) is 1.84. The molecule has 0 saturated carbocycles. The van der Waals surface area contributed by atoms with Gasteiger partial charge in [-0.2, -0.15) is 0 Å². The number of rotatable bonds is 4. The molecule has 0 aliphatic heterocycles. The summed E-state index contributed by atoms with van der Waals surface area (Å²) in [5.41, 5.74) is 3.18. The van der Waals surface area contributed by atoms with E-state index in [2.05, 4.69) is 29.4 Å². The Hall–Kier alpha value is -1.90. The van der Waals surface area contributed by atoms with Crippen LogP contribution in [0.3, 0.4) is 0 Å². The van der Waals surface area contributed by atoms with E-state index in [4.69, 9.17) is 0 Å². The second-order valence-corrected chi connectivity index (χ2v) is 4.35. The number of nitrogens with zero attached hydrogens (tertiary/aromatic N) is 1. The molecule has 94 valence electrons. The second-order valence-electron chi connectivity index (χ2n) is 4.35. The van der Waals surface area contributed by atoms with E-state index in [1.165, 1.54) is 17.8 Å². The summed E-state index contributed by atoms with van der Waals surface area (Å²) >= 11 is 0. The van der Waals surface area contributed by atoms with Crippen molar-refractivity contribution in [3.05, 3.63) is 59.7 Å². The molecule has 18 heavy (non-hydrogen) atoms. The van der Waals surface area contributed by atoms with Crippen molar-refractivity contribution in [3.8, 4) is 0 Å². The van der Waals surface area contributed by atoms with Gasteiger partial charge in [-0.3, -0.25) is 4.98 Å². The Morgan fingerprint density at radius 1 is 1.22 bits per heavy atom. The molecular formula is C15H17FN2. The summed E-state index contributed by atoms with van der Waals surface area (Å²) in [6, 6.07) is 9.81. The molecule has 1 heterocycles.